The van der Waals surface area contributed by atoms with E-state index in [4.69, 9.17) is 22.1 Å². The number of esters is 1. The maximum Gasteiger partial charge on any atom is 0.306 e. The van der Waals surface area contributed by atoms with E-state index in [1.165, 1.54) is 7.11 Å². The van der Waals surface area contributed by atoms with E-state index in [0.717, 1.165) is 5.56 Å². The van der Waals surface area contributed by atoms with Crippen LogP contribution in [-0.2, 0) is 9.53 Å². The Kier molecular flexibility index (Phi) is 5.17. The van der Waals surface area contributed by atoms with E-state index in [2.05, 4.69) is 0 Å². The summed E-state index contributed by atoms with van der Waals surface area (Å²) in [5, 5.41) is 0.694. The van der Waals surface area contributed by atoms with Crippen molar-refractivity contribution >= 4 is 17.6 Å². The molecule has 1 aromatic carbocycles. The number of hydrogen-bond donors (Lipinski definition) is 1. The van der Waals surface area contributed by atoms with Gasteiger partial charge in [0.2, 0.25) is 0 Å². The van der Waals surface area contributed by atoms with Gasteiger partial charge in [0.05, 0.1) is 13.5 Å². The minimum Gasteiger partial charge on any atom is -0.469 e. The van der Waals surface area contributed by atoms with Crippen molar-refractivity contribution in [3.05, 3.63) is 34.9 Å². The highest BCUT2D eigenvalue weighted by atomic mass is 35.5. The molecule has 100 valence electrons. The van der Waals surface area contributed by atoms with Crippen LogP contribution in [0.2, 0.25) is 5.02 Å². The lowest BCUT2D eigenvalue weighted by Crippen LogP contribution is -2.24. The van der Waals surface area contributed by atoms with E-state index in [0.29, 0.717) is 17.9 Å². The number of carbonyl (C=O) groups is 1. The van der Waals surface area contributed by atoms with Gasteiger partial charge in [-0.1, -0.05) is 37.6 Å². The number of carbonyl (C=O) groups excluding carboxylic acids is 1. The van der Waals surface area contributed by atoms with Gasteiger partial charge in [-0.15, -0.1) is 0 Å². The summed E-state index contributed by atoms with van der Waals surface area (Å²) in [6, 6.07) is 7.37. The summed E-state index contributed by atoms with van der Waals surface area (Å²) >= 11 is 5.84. The van der Waals surface area contributed by atoms with E-state index in [1.807, 2.05) is 38.1 Å². The number of nitrogens with two attached hydrogens (primary N) is 1. The topological polar surface area (TPSA) is 52.3 Å². The van der Waals surface area contributed by atoms with Crippen molar-refractivity contribution in [1.82, 2.24) is 0 Å². The highest BCUT2D eigenvalue weighted by molar-refractivity contribution is 6.30. The molecule has 0 saturated heterocycles. The zero-order valence-corrected chi connectivity index (χ0v) is 11.8. The monoisotopic (exact) mass is 269 g/mol. The first-order valence-electron chi connectivity index (χ1n) is 5.92. The van der Waals surface area contributed by atoms with Gasteiger partial charge in [-0.05, 0) is 29.5 Å². The molecule has 1 aromatic rings. The van der Waals surface area contributed by atoms with Gasteiger partial charge in [-0.25, -0.2) is 0 Å². The number of halogens is 1. The average molecular weight is 270 g/mol. The molecule has 4 heteroatoms. The molecule has 0 spiro atoms. The fourth-order valence-electron chi connectivity index (χ4n) is 1.96. The predicted octanol–water partition coefficient (Wildman–Crippen LogP) is 3.32. The van der Waals surface area contributed by atoms with Gasteiger partial charge in [0.25, 0.3) is 0 Å². The van der Waals surface area contributed by atoms with Gasteiger partial charge in [-0.2, -0.15) is 0 Å². The molecule has 0 aliphatic carbocycles. The molecule has 0 aromatic heterocycles. The van der Waals surface area contributed by atoms with Crippen molar-refractivity contribution in [1.29, 1.82) is 0 Å². The van der Waals surface area contributed by atoms with Gasteiger partial charge >= 0.3 is 5.97 Å². The molecule has 0 heterocycles. The largest absolute Gasteiger partial charge is 0.469 e. The summed E-state index contributed by atoms with van der Waals surface area (Å²) in [5.74, 6) is -0.205. The molecule has 1 atom stereocenters. The van der Waals surface area contributed by atoms with Crippen LogP contribution < -0.4 is 5.73 Å². The van der Waals surface area contributed by atoms with E-state index >= 15 is 0 Å². The molecule has 1 rings (SSSR count). The second kappa shape index (κ2) is 6.21. The molecule has 0 bridgehead atoms. The third kappa shape index (κ3) is 4.67. The second-order valence-corrected chi connectivity index (χ2v) is 5.72. The molecule has 2 N–H and O–H groups in total. The highest BCUT2D eigenvalue weighted by Crippen LogP contribution is 2.32. The van der Waals surface area contributed by atoms with Crippen molar-refractivity contribution in [3.63, 3.8) is 0 Å². The Morgan fingerprint density at radius 3 is 2.44 bits per heavy atom. The Morgan fingerprint density at radius 2 is 1.94 bits per heavy atom. The average Bonchev–Trinajstić information content (AvgIpc) is 2.28. The Labute approximate surface area is 113 Å². The number of rotatable bonds is 5. The molecule has 0 fully saturated rings. The molecule has 0 amide bonds. The molecule has 3 nitrogen and oxygen atoms in total. The summed E-state index contributed by atoms with van der Waals surface area (Å²) in [6.07, 6.45) is 1.08. The van der Waals surface area contributed by atoms with Crippen LogP contribution in [0.4, 0.5) is 0 Å². The van der Waals surface area contributed by atoms with Gasteiger partial charge in [-0.3, -0.25) is 4.79 Å². The third-order valence-corrected chi connectivity index (χ3v) is 3.17. The van der Waals surface area contributed by atoms with Crippen LogP contribution in [0.5, 0.6) is 0 Å². The summed E-state index contributed by atoms with van der Waals surface area (Å²) in [6.45, 7) is 4.03. The lowest BCUT2D eigenvalue weighted by molar-refractivity contribution is -0.143. The Bertz CT molecular complexity index is 401. The minimum absolute atomic E-state index is 0.109. The first-order chi connectivity index (χ1) is 8.34. The van der Waals surface area contributed by atoms with Crippen molar-refractivity contribution in [2.24, 2.45) is 11.1 Å². The fourth-order valence-corrected chi connectivity index (χ4v) is 2.08. The number of benzene rings is 1. The van der Waals surface area contributed by atoms with Gasteiger partial charge in [0, 0.05) is 11.1 Å². The molecular formula is C14H20ClNO2. The number of hydrogen-bond acceptors (Lipinski definition) is 3. The van der Waals surface area contributed by atoms with Crippen LogP contribution in [-0.4, -0.2) is 13.1 Å². The van der Waals surface area contributed by atoms with Crippen LogP contribution in [0.3, 0.4) is 0 Å². The Hall–Kier alpha value is -1.06. The highest BCUT2D eigenvalue weighted by Gasteiger charge is 2.25. The number of ether oxygens (including phenoxy) is 1. The Balaban J connectivity index is 2.65. The minimum atomic E-state index is -0.205. The first-order valence-corrected chi connectivity index (χ1v) is 6.30. The lowest BCUT2D eigenvalue weighted by Gasteiger charge is -2.27. The van der Waals surface area contributed by atoms with Gasteiger partial charge in [0.1, 0.15) is 0 Å². The van der Waals surface area contributed by atoms with E-state index in [1.54, 1.807) is 0 Å². The Morgan fingerprint density at radius 1 is 1.39 bits per heavy atom. The normalized spacial score (nSPS) is 13.2. The van der Waals surface area contributed by atoms with Gasteiger partial charge < -0.3 is 10.5 Å². The molecule has 0 aliphatic heterocycles. The predicted molar refractivity (Wildman–Crippen MR) is 73.4 cm³/mol. The van der Waals surface area contributed by atoms with Crippen molar-refractivity contribution < 1.29 is 9.53 Å². The van der Waals surface area contributed by atoms with E-state index in [-0.39, 0.29) is 17.4 Å². The van der Waals surface area contributed by atoms with Crippen LogP contribution in [0.1, 0.15) is 38.3 Å². The molecule has 0 aliphatic rings. The third-order valence-electron chi connectivity index (χ3n) is 2.92. The molecule has 18 heavy (non-hydrogen) atoms. The second-order valence-electron chi connectivity index (χ2n) is 5.28. The molecule has 0 saturated carbocycles. The van der Waals surface area contributed by atoms with Crippen molar-refractivity contribution in [2.45, 2.75) is 32.7 Å². The van der Waals surface area contributed by atoms with Crippen LogP contribution in [0.25, 0.3) is 0 Å². The zero-order valence-electron chi connectivity index (χ0n) is 11.1. The SMILES string of the molecule is COC(=O)CC(C)(C)CC(N)c1ccc(Cl)cc1. The van der Waals surface area contributed by atoms with Crippen LogP contribution >= 0.6 is 11.6 Å². The van der Waals surface area contributed by atoms with Crippen LogP contribution in [0, 0.1) is 5.41 Å². The standard InChI is InChI=1S/C14H20ClNO2/c1-14(2,9-13(17)18-3)8-12(16)10-4-6-11(15)7-5-10/h4-7,12H,8-9,16H2,1-3H3. The maximum absolute atomic E-state index is 11.3. The molecular weight excluding hydrogens is 250 g/mol. The number of methoxy groups -OCH3 is 1. The lowest BCUT2D eigenvalue weighted by atomic mass is 9.81. The quantitative estimate of drug-likeness (QED) is 0.835. The molecule has 1 unspecified atom stereocenters. The maximum atomic E-state index is 11.3. The fraction of sp³-hybridized carbons (Fsp3) is 0.500. The summed E-state index contributed by atoms with van der Waals surface area (Å²) in [5.41, 5.74) is 6.99. The zero-order chi connectivity index (χ0) is 13.8. The van der Waals surface area contributed by atoms with Crippen molar-refractivity contribution in [3.8, 4) is 0 Å². The summed E-state index contributed by atoms with van der Waals surface area (Å²) in [7, 11) is 1.40. The summed E-state index contributed by atoms with van der Waals surface area (Å²) in [4.78, 5) is 11.3. The van der Waals surface area contributed by atoms with E-state index < -0.39 is 0 Å². The van der Waals surface area contributed by atoms with E-state index in [9.17, 15) is 4.79 Å². The van der Waals surface area contributed by atoms with Crippen molar-refractivity contribution in [2.75, 3.05) is 7.11 Å². The molecule has 0 radical (unpaired) electrons. The van der Waals surface area contributed by atoms with Gasteiger partial charge in [0.15, 0.2) is 0 Å². The van der Waals surface area contributed by atoms with Crippen LogP contribution in [0.15, 0.2) is 24.3 Å². The summed E-state index contributed by atoms with van der Waals surface area (Å²) < 4.78 is 4.69. The smallest absolute Gasteiger partial charge is 0.306 e. The first kappa shape index (κ1) is 15.0.